The Morgan fingerprint density at radius 3 is 2.45 bits per heavy atom. The summed E-state index contributed by atoms with van der Waals surface area (Å²) in [6.07, 6.45) is -4.44. The summed E-state index contributed by atoms with van der Waals surface area (Å²) in [5, 5.41) is 8.72. The van der Waals surface area contributed by atoms with Crippen LogP contribution in [-0.4, -0.2) is 47.5 Å². The number of carbonyl (C=O) groups excluding carboxylic acids is 1. The number of hydrogen-bond acceptors (Lipinski definition) is 3. The van der Waals surface area contributed by atoms with E-state index in [1.807, 2.05) is 30.3 Å². The van der Waals surface area contributed by atoms with Crippen LogP contribution in [0, 0.1) is 0 Å². The van der Waals surface area contributed by atoms with E-state index < -0.39 is 25.2 Å². The van der Waals surface area contributed by atoms with E-state index in [0.29, 0.717) is 10.7 Å². The van der Waals surface area contributed by atoms with Crippen LogP contribution >= 0.6 is 11.8 Å². The van der Waals surface area contributed by atoms with Crippen molar-refractivity contribution in [3.63, 3.8) is 0 Å². The normalized spacial score (nSPS) is 11.4. The molecule has 0 radical (unpaired) electrons. The third-order valence-electron chi connectivity index (χ3n) is 2.42. The molecule has 1 aromatic rings. The average Bonchev–Trinajstić information content (AvgIpc) is 2.38. The van der Waals surface area contributed by atoms with Gasteiger partial charge in [-0.25, -0.2) is 0 Å². The van der Waals surface area contributed by atoms with Crippen molar-refractivity contribution < 1.29 is 23.1 Å². The van der Waals surface area contributed by atoms with Crippen molar-refractivity contribution in [2.75, 3.05) is 25.4 Å². The van der Waals surface area contributed by atoms with Crippen molar-refractivity contribution >= 4 is 17.7 Å². The molecule has 0 saturated carbocycles. The molecule has 0 aliphatic heterocycles. The van der Waals surface area contributed by atoms with Crippen LogP contribution in [-0.2, 0) is 4.79 Å². The summed E-state index contributed by atoms with van der Waals surface area (Å²) in [7, 11) is 0. The molecule has 1 amide bonds. The summed E-state index contributed by atoms with van der Waals surface area (Å²) < 4.78 is 36.9. The molecule has 3 nitrogen and oxygen atoms in total. The maximum atomic E-state index is 12.3. The number of carbonyl (C=O) groups is 1. The smallest absolute Gasteiger partial charge is 0.395 e. The maximum absolute atomic E-state index is 12.3. The highest BCUT2D eigenvalue weighted by atomic mass is 32.2. The van der Waals surface area contributed by atoms with E-state index in [0.717, 1.165) is 4.90 Å². The Kier molecular flexibility index (Phi) is 6.87. The minimum atomic E-state index is -4.45. The lowest BCUT2D eigenvalue weighted by Gasteiger charge is -2.23. The lowest BCUT2D eigenvalue weighted by Crippen LogP contribution is -2.40. The fraction of sp³-hybridized carbons (Fsp3) is 0.462. The van der Waals surface area contributed by atoms with Crippen LogP contribution < -0.4 is 0 Å². The molecule has 20 heavy (non-hydrogen) atoms. The van der Waals surface area contributed by atoms with Gasteiger partial charge in [0.05, 0.1) is 6.61 Å². The Bertz CT molecular complexity index is 412. The molecule has 112 valence electrons. The maximum Gasteiger partial charge on any atom is 0.406 e. The molecule has 0 unspecified atom stereocenters. The molecular formula is C13H16F3NO2S. The van der Waals surface area contributed by atoms with E-state index in [-0.39, 0.29) is 13.0 Å². The van der Waals surface area contributed by atoms with Crippen LogP contribution in [0.25, 0.3) is 0 Å². The van der Waals surface area contributed by atoms with Crippen molar-refractivity contribution in [2.24, 2.45) is 0 Å². The van der Waals surface area contributed by atoms with Gasteiger partial charge in [-0.15, -0.1) is 11.8 Å². The molecule has 0 fully saturated rings. The number of halogens is 3. The van der Waals surface area contributed by atoms with E-state index >= 15 is 0 Å². The number of aliphatic hydroxyl groups is 1. The molecule has 1 aromatic carbocycles. The minimum Gasteiger partial charge on any atom is -0.395 e. The van der Waals surface area contributed by atoms with Crippen LogP contribution in [0.3, 0.4) is 0 Å². The van der Waals surface area contributed by atoms with Crippen molar-refractivity contribution in [3.8, 4) is 0 Å². The number of rotatable bonds is 7. The molecule has 0 atom stereocenters. The van der Waals surface area contributed by atoms with Crippen LogP contribution in [0.5, 0.6) is 0 Å². The third-order valence-corrected chi connectivity index (χ3v) is 3.43. The number of hydrogen-bond donors (Lipinski definition) is 1. The van der Waals surface area contributed by atoms with Gasteiger partial charge in [0, 0.05) is 23.6 Å². The van der Waals surface area contributed by atoms with E-state index in [1.165, 1.54) is 11.8 Å². The van der Waals surface area contributed by atoms with Crippen molar-refractivity contribution in [1.29, 1.82) is 0 Å². The summed E-state index contributed by atoms with van der Waals surface area (Å²) in [5.74, 6) is -0.192. The summed E-state index contributed by atoms with van der Waals surface area (Å²) in [5.41, 5.74) is 0. The van der Waals surface area contributed by atoms with Crippen LogP contribution in [0.2, 0.25) is 0 Å². The number of amides is 1. The first kappa shape index (κ1) is 16.8. The first-order valence-corrected chi connectivity index (χ1v) is 7.04. The quantitative estimate of drug-likeness (QED) is 0.787. The van der Waals surface area contributed by atoms with E-state index in [2.05, 4.69) is 0 Å². The number of alkyl halides is 3. The van der Waals surface area contributed by atoms with Crippen molar-refractivity contribution in [2.45, 2.75) is 17.5 Å². The highest BCUT2D eigenvalue weighted by Crippen LogP contribution is 2.20. The number of benzene rings is 1. The minimum absolute atomic E-state index is 0.00956. The molecular weight excluding hydrogens is 291 g/mol. The van der Waals surface area contributed by atoms with Gasteiger partial charge in [-0.1, -0.05) is 18.2 Å². The van der Waals surface area contributed by atoms with Gasteiger partial charge < -0.3 is 10.0 Å². The van der Waals surface area contributed by atoms with Gasteiger partial charge in [0.2, 0.25) is 5.91 Å². The molecule has 0 spiro atoms. The number of thioether (sulfide) groups is 1. The molecule has 1 N–H and O–H groups in total. The molecule has 0 heterocycles. The highest BCUT2D eigenvalue weighted by molar-refractivity contribution is 7.99. The zero-order valence-electron chi connectivity index (χ0n) is 10.8. The Morgan fingerprint density at radius 1 is 1.25 bits per heavy atom. The fourth-order valence-electron chi connectivity index (χ4n) is 1.56. The Morgan fingerprint density at radius 2 is 1.90 bits per heavy atom. The predicted molar refractivity (Wildman–Crippen MR) is 71.5 cm³/mol. The summed E-state index contributed by atoms with van der Waals surface area (Å²) >= 11 is 1.41. The van der Waals surface area contributed by atoms with Crippen LogP contribution in [0.4, 0.5) is 13.2 Å². The van der Waals surface area contributed by atoms with Gasteiger partial charge in [-0.2, -0.15) is 13.2 Å². The second-order valence-electron chi connectivity index (χ2n) is 4.07. The van der Waals surface area contributed by atoms with Gasteiger partial charge in [-0.3, -0.25) is 4.79 Å². The second-order valence-corrected chi connectivity index (χ2v) is 5.23. The lowest BCUT2D eigenvalue weighted by atomic mass is 10.3. The molecule has 7 heteroatoms. The van der Waals surface area contributed by atoms with Gasteiger partial charge in [-0.05, 0) is 12.1 Å². The topological polar surface area (TPSA) is 40.5 Å². The Hall–Kier alpha value is -1.21. The Labute approximate surface area is 119 Å². The van der Waals surface area contributed by atoms with Crippen LogP contribution in [0.15, 0.2) is 35.2 Å². The van der Waals surface area contributed by atoms with Gasteiger partial charge in [0.1, 0.15) is 6.54 Å². The molecule has 1 rings (SSSR count). The first-order valence-electron chi connectivity index (χ1n) is 6.05. The zero-order chi connectivity index (χ0) is 15.0. The zero-order valence-corrected chi connectivity index (χ0v) is 11.6. The molecule has 0 aromatic heterocycles. The Balaban J connectivity index is 2.42. The van der Waals surface area contributed by atoms with Crippen LogP contribution in [0.1, 0.15) is 6.42 Å². The third kappa shape index (κ3) is 6.81. The molecule has 0 saturated heterocycles. The van der Waals surface area contributed by atoms with Gasteiger partial charge in [0.25, 0.3) is 0 Å². The summed E-state index contributed by atoms with van der Waals surface area (Å²) in [6, 6.07) is 9.31. The molecule has 0 bridgehead atoms. The number of aliphatic hydroxyl groups excluding tert-OH is 1. The average molecular weight is 307 g/mol. The fourth-order valence-corrected chi connectivity index (χ4v) is 2.42. The highest BCUT2D eigenvalue weighted by Gasteiger charge is 2.32. The molecule has 0 aliphatic rings. The molecule has 0 aliphatic carbocycles. The number of nitrogens with zero attached hydrogens (tertiary/aromatic N) is 1. The van der Waals surface area contributed by atoms with E-state index in [4.69, 9.17) is 5.11 Å². The summed E-state index contributed by atoms with van der Waals surface area (Å²) in [4.78, 5) is 13.3. The van der Waals surface area contributed by atoms with E-state index in [9.17, 15) is 18.0 Å². The largest absolute Gasteiger partial charge is 0.406 e. The van der Waals surface area contributed by atoms with Gasteiger partial charge in [0.15, 0.2) is 0 Å². The SMILES string of the molecule is O=C(CCSc1ccccc1)N(CCO)CC(F)(F)F. The van der Waals surface area contributed by atoms with Gasteiger partial charge >= 0.3 is 6.18 Å². The monoisotopic (exact) mass is 307 g/mol. The van der Waals surface area contributed by atoms with Crippen molar-refractivity contribution in [1.82, 2.24) is 4.90 Å². The second kappa shape index (κ2) is 8.16. The van der Waals surface area contributed by atoms with Crippen molar-refractivity contribution in [3.05, 3.63) is 30.3 Å². The standard InChI is InChI=1S/C13H16F3NO2S/c14-13(15,16)10-17(7-8-18)12(19)6-9-20-11-4-2-1-3-5-11/h1-5,18H,6-10H2. The lowest BCUT2D eigenvalue weighted by molar-refractivity contribution is -0.161. The predicted octanol–water partition coefficient (Wildman–Crippen LogP) is 2.55. The van der Waals surface area contributed by atoms with E-state index in [1.54, 1.807) is 0 Å². The first-order chi connectivity index (χ1) is 9.42. The summed E-state index contributed by atoms with van der Waals surface area (Å²) in [6.45, 7) is -2.09.